The number of esters is 2. The number of carbonyl (C=O) groups is 3. The summed E-state index contributed by atoms with van der Waals surface area (Å²) < 4.78 is 11.1. The molecule has 0 aliphatic heterocycles. The van der Waals surface area contributed by atoms with Crippen molar-refractivity contribution < 1.29 is 23.9 Å². The van der Waals surface area contributed by atoms with Gasteiger partial charge in [0.25, 0.3) is 0 Å². The Labute approximate surface area is 180 Å². The van der Waals surface area contributed by atoms with Crippen LogP contribution in [0.1, 0.15) is 86.0 Å². The Morgan fingerprint density at radius 2 is 1.73 bits per heavy atom. The van der Waals surface area contributed by atoms with Gasteiger partial charge in [-0.15, -0.1) is 0 Å². The molecule has 5 nitrogen and oxygen atoms in total. The lowest BCUT2D eigenvalue weighted by Gasteiger charge is -2.60. The quantitative estimate of drug-likeness (QED) is 0.621. The van der Waals surface area contributed by atoms with Crippen LogP contribution in [0.25, 0.3) is 0 Å². The Bertz CT molecular complexity index is 731. The van der Waals surface area contributed by atoms with Crippen LogP contribution in [0, 0.1) is 40.4 Å². The van der Waals surface area contributed by atoms with E-state index < -0.39 is 0 Å². The molecular formula is C25H38O5. The monoisotopic (exact) mass is 418 g/mol. The second-order valence-corrected chi connectivity index (χ2v) is 11.2. The van der Waals surface area contributed by atoms with E-state index in [4.69, 9.17) is 9.47 Å². The van der Waals surface area contributed by atoms with Gasteiger partial charge in [0.2, 0.25) is 0 Å². The first kappa shape index (κ1) is 21.8. The van der Waals surface area contributed by atoms with Crippen molar-refractivity contribution in [1.29, 1.82) is 0 Å². The van der Waals surface area contributed by atoms with Gasteiger partial charge in [0.05, 0.1) is 0 Å². The lowest BCUT2D eigenvalue weighted by molar-refractivity contribution is -0.172. The molecular weight excluding hydrogens is 380 g/mol. The molecule has 0 aromatic carbocycles. The molecule has 0 aromatic rings. The molecule has 30 heavy (non-hydrogen) atoms. The van der Waals surface area contributed by atoms with Crippen LogP contribution >= 0.6 is 0 Å². The van der Waals surface area contributed by atoms with E-state index in [1.165, 1.54) is 13.8 Å². The summed E-state index contributed by atoms with van der Waals surface area (Å²) in [6.07, 6.45) is 7.65. The summed E-state index contributed by atoms with van der Waals surface area (Å²) in [5, 5.41) is 0. The Morgan fingerprint density at radius 1 is 1.00 bits per heavy atom. The number of hydrogen-bond donors (Lipinski definition) is 0. The lowest BCUT2D eigenvalue weighted by atomic mass is 9.44. The van der Waals surface area contributed by atoms with Crippen molar-refractivity contribution >= 4 is 17.7 Å². The van der Waals surface area contributed by atoms with Gasteiger partial charge in [-0.2, -0.15) is 0 Å². The van der Waals surface area contributed by atoms with Gasteiger partial charge in [0.15, 0.2) is 0 Å². The minimum Gasteiger partial charge on any atom is -0.463 e. The Balaban J connectivity index is 1.56. The molecule has 4 aliphatic carbocycles. The number of ether oxygens (including phenoxy) is 2. The standard InChI is InChI=1S/C25H38O5/c1-14(29-15(2)26)20-8-9-21-19-7-6-17-12-18(30-16(3)27)10-11-24(17,4)23(19)22(28)13-25(20,21)5/h14,17-21,23H,6-13H2,1-5H3/t14?,17?,18-,19?,20?,21?,23?,24?,25?/m1/s1. The van der Waals surface area contributed by atoms with Gasteiger partial charge >= 0.3 is 11.9 Å². The predicted octanol–water partition coefficient (Wildman–Crippen LogP) is 4.71. The maximum absolute atomic E-state index is 13.7. The van der Waals surface area contributed by atoms with E-state index in [1.54, 1.807) is 0 Å². The van der Waals surface area contributed by atoms with Gasteiger partial charge in [0.1, 0.15) is 18.0 Å². The average molecular weight is 419 g/mol. The SMILES string of the molecule is CC(=O)OC(C)C1CCC2C3CCC4C[C@H](OC(C)=O)CCC4(C)C3C(=O)CC12C. The van der Waals surface area contributed by atoms with Crippen molar-refractivity contribution in [2.75, 3.05) is 0 Å². The lowest BCUT2D eigenvalue weighted by Crippen LogP contribution is -2.58. The fraction of sp³-hybridized carbons (Fsp3) is 0.880. The number of fused-ring (bicyclic) bond motifs is 5. The summed E-state index contributed by atoms with van der Waals surface area (Å²) in [6.45, 7) is 9.60. The van der Waals surface area contributed by atoms with Gasteiger partial charge in [-0.1, -0.05) is 13.8 Å². The van der Waals surface area contributed by atoms with E-state index in [1.807, 2.05) is 6.92 Å². The zero-order valence-corrected chi connectivity index (χ0v) is 19.2. The van der Waals surface area contributed by atoms with Gasteiger partial charge in [-0.3, -0.25) is 14.4 Å². The van der Waals surface area contributed by atoms with E-state index in [-0.39, 0.29) is 46.8 Å². The molecule has 4 saturated carbocycles. The van der Waals surface area contributed by atoms with Gasteiger partial charge in [0, 0.05) is 32.1 Å². The van der Waals surface area contributed by atoms with Crippen molar-refractivity contribution in [2.45, 2.75) is 98.2 Å². The molecule has 0 spiro atoms. The van der Waals surface area contributed by atoms with E-state index in [9.17, 15) is 14.4 Å². The highest BCUT2D eigenvalue weighted by atomic mass is 16.5. The molecule has 5 heteroatoms. The van der Waals surface area contributed by atoms with Gasteiger partial charge in [-0.05, 0) is 80.5 Å². The normalized spacial score (nSPS) is 46.2. The first-order valence-corrected chi connectivity index (χ1v) is 11.9. The molecule has 8 unspecified atom stereocenters. The third-order valence-corrected chi connectivity index (χ3v) is 9.62. The largest absolute Gasteiger partial charge is 0.463 e. The average Bonchev–Trinajstić information content (AvgIpc) is 2.97. The zero-order chi connectivity index (χ0) is 21.8. The van der Waals surface area contributed by atoms with E-state index >= 15 is 0 Å². The van der Waals surface area contributed by atoms with Crippen molar-refractivity contribution in [1.82, 2.24) is 0 Å². The fourth-order valence-corrected chi connectivity index (χ4v) is 8.53. The first-order valence-electron chi connectivity index (χ1n) is 11.9. The number of carbonyl (C=O) groups excluding carboxylic acids is 3. The van der Waals surface area contributed by atoms with Crippen LogP contribution in [0.15, 0.2) is 0 Å². The summed E-state index contributed by atoms with van der Waals surface area (Å²) >= 11 is 0. The molecule has 0 amide bonds. The van der Waals surface area contributed by atoms with Crippen LogP contribution in [-0.2, 0) is 23.9 Å². The number of ketones is 1. The number of rotatable bonds is 3. The highest BCUT2D eigenvalue weighted by Crippen LogP contribution is 2.67. The smallest absolute Gasteiger partial charge is 0.302 e. The van der Waals surface area contributed by atoms with Gasteiger partial charge < -0.3 is 9.47 Å². The topological polar surface area (TPSA) is 69.7 Å². The summed E-state index contributed by atoms with van der Waals surface area (Å²) in [7, 11) is 0. The van der Waals surface area contributed by atoms with Crippen LogP contribution in [0.4, 0.5) is 0 Å². The second-order valence-electron chi connectivity index (χ2n) is 11.2. The third kappa shape index (κ3) is 3.40. The summed E-state index contributed by atoms with van der Waals surface area (Å²) in [5.74, 6) is 1.84. The summed E-state index contributed by atoms with van der Waals surface area (Å²) in [5.41, 5.74) is -0.0389. The molecule has 4 fully saturated rings. The summed E-state index contributed by atoms with van der Waals surface area (Å²) in [4.78, 5) is 36.7. The maximum Gasteiger partial charge on any atom is 0.302 e. The molecule has 0 saturated heterocycles. The van der Waals surface area contributed by atoms with Crippen molar-refractivity contribution in [3.8, 4) is 0 Å². The molecule has 0 heterocycles. The highest BCUT2D eigenvalue weighted by molar-refractivity contribution is 5.84. The second kappa shape index (κ2) is 7.63. The minimum absolute atomic E-state index is 0.0153. The number of hydrogen-bond acceptors (Lipinski definition) is 5. The van der Waals surface area contributed by atoms with Crippen LogP contribution < -0.4 is 0 Å². The Kier molecular flexibility index (Phi) is 5.55. The first-order chi connectivity index (χ1) is 14.1. The Morgan fingerprint density at radius 3 is 2.40 bits per heavy atom. The maximum atomic E-state index is 13.7. The van der Waals surface area contributed by atoms with Crippen LogP contribution in [0.2, 0.25) is 0 Å². The van der Waals surface area contributed by atoms with Gasteiger partial charge in [-0.25, -0.2) is 0 Å². The van der Waals surface area contributed by atoms with Crippen LogP contribution in [-0.4, -0.2) is 29.9 Å². The van der Waals surface area contributed by atoms with E-state index in [2.05, 4.69) is 13.8 Å². The molecule has 0 bridgehead atoms. The molecule has 168 valence electrons. The summed E-state index contributed by atoms with van der Waals surface area (Å²) in [6, 6.07) is 0. The molecule has 0 aromatic heterocycles. The van der Waals surface area contributed by atoms with E-state index in [0.29, 0.717) is 30.0 Å². The van der Waals surface area contributed by atoms with Crippen LogP contribution in [0.5, 0.6) is 0 Å². The predicted molar refractivity (Wildman–Crippen MR) is 112 cm³/mol. The van der Waals surface area contributed by atoms with Crippen molar-refractivity contribution in [2.24, 2.45) is 40.4 Å². The number of Topliss-reactive ketones (excluding diaryl/α,β-unsaturated/α-hetero) is 1. The highest BCUT2D eigenvalue weighted by Gasteiger charge is 2.64. The molecule has 4 aliphatic rings. The molecule has 4 rings (SSSR count). The minimum atomic E-state index is -0.230. The van der Waals surface area contributed by atoms with Crippen LogP contribution in [0.3, 0.4) is 0 Å². The van der Waals surface area contributed by atoms with Crippen molar-refractivity contribution in [3.05, 3.63) is 0 Å². The Hall–Kier alpha value is -1.39. The van der Waals surface area contributed by atoms with Crippen molar-refractivity contribution in [3.63, 3.8) is 0 Å². The molecule has 0 N–H and O–H groups in total. The molecule has 0 radical (unpaired) electrons. The molecule has 9 atom stereocenters. The zero-order valence-electron chi connectivity index (χ0n) is 19.2. The fourth-order valence-electron chi connectivity index (χ4n) is 8.53. The van der Waals surface area contributed by atoms with E-state index in [0.717, 1.165) is 44.9 Å². The third-order valence-electron chi connectivity index (χ3n) is 9.62.